The number of hydrogen-bond donors (Lipinski definition) is 0. The summed E-state index contributed by atoms with van der Waals surface area (Å²) in [6.45, 7) is 3.41. The lowest BCUT2D eigenvalue weighted by Gasteiger charge is -2.38. The summed E-state index contributed by atoms with van der Waals surface area (Å²) in [5.74, 6) is 0.0182. The third-order valence-corrected chi connectivity index (χ3v) is 6.50. The Bertz CT molecular complexity index is 694. The van der Waals surface area contributed by atoms with Crippen molar-refractivity contribution in [3.05, 3.63) is 22.4 Å². The predicted octanol–water partition coefficient (Wildman–Crippen LogP) is 1.20. The van der Waals surface area contributed by atoms with Gasteiger partial charge < -0.3 is 19.4 Å². The molecule has 1 aromatic rings. The molecule has 0 N–H and O–H groups in total. The number of nitrogens with zero attached hydrogens (tertiary/aromatic N) is 3. The van der Waals surface area contributed by atoms with Crippen molar-refractivity contribution in [1.29, 1.82) is 0 Å². The second-order valence-corrected chi connectivity index (χ2v) is 8.23. The first-order valence-electron chi connectivity index (χ1n) is 9.69. The van der Waals surface area contributed by atoms with Gasteiger partial charge in [0.05, 0.1) is 4.88 Å². The highest BCUT2D eigenvalue weighted by atomic mass is 32.1. The van der Waals surface area contributed by atoms with Gasteiger partial charge in [0.25, 0.3) is 11.8 Å². The van der Waals surface area contributed by atoms with Crippen LogP contribution in [-0.2, 0) is 14.3 Å². The van der Waals surface area contributed by atoms with Crippen molar-refractivity contribution in [2.24, 2.45) is 0 Å². The Hall–Kier alpha value is -1.93. The van der Waals surface area contributed by atoms with Crippen LogP contribution in [0.15, 0.2) is 17.5 Å². The second-order valence-electron chi connectivity index (χ2n) is 7.29. The van der Waals surface area contributed by atoms with Crippen molar-refractivity contribution < 1.29 is 19.1 Å². The molecule has 146 valence electrons. The molecular weight excluding hydrogens is 366 g/mol. The van der Waals surface area contributed by atoms with Crippen molar-refractivity contribution in [3.8, 4) is 0 Å². The van der Waals surface area contributed by atoms with Crippen molar-refractivity contribution in [2.75, 3.05) is 39.3 Å². The van der Waals surface area contributed by atoms with E-state index in [-0.39, 0.29) is 29.9 Å². The van der Waals surface area contributed by atoms with E-state index in [0.29, 0.717) is 50.6 Å². The van der Waals surface area contributed by atoms with Gasteiger partial charge in [-0.25, -0.2) is 0 Å². The zero-order chi connectivity index (χ0) is 18.8. The highest BCUT2D eigenvalue weighted by molar-refractivity contribution is 7.12. The second kappa shape index (κ2) is 7.98. The van der Waals surface area contributed by atoms with E-state index in [4.69, 9.17) is 4.74 Å². The summed E-state index contributed by atoms with van der Waals surface area (Å²) in [6.07, 6.45) is 2.99. The number of piperazine rings is 1. The molecule has 3 aliphatic heterocycles. The molecule has 0 radical (unpaired) electrons. The van der Waals surface area contributed by atoms with Gasteiger partial charge in [-0.2, -0.15) is 0 Å². The van der Waals surface area contributed by atoms with Crippen LogP contribution in [0.3, 0.4) is 0 Å². The number of rotatable bonds is 3. The number of likely N-dealkylation sites (tertiary alicyclic amines) is 1. The maximum absolute atomic E-state index is 13.0. The topological polar surface area (TPSA) is 70.2 Å². The molecule has 1 aromatic heterocycles. The summed E-state index contributed by atoms with van der Waals surface area (Å²) < 4.78 is 5.48. The van der Waals surface area contributed by atoms with Gasteiger partial charge in [-0.1, -0.05) is 6.07 Å². The highest BCUT2D eigenvalue weighted by Crippen LogP contribution is 2.24. The highest BCUT2D eigenvalue weighted by Gasteiger charge is 2.39. The van der Waals surface area contributed by atoms with Crippen molar-refractivity contribution in [3.63, 3.8) is 0 Å². The molecule has 0 aliphatic carbocycles. The molecule has 0 unspecified atom stereocenters. The normalized spacial score (nSPS) is 25.9. The number of ether oxygens (including phenoxy) is 1. The number of thiophene rings is 1. The molecule has 8 heteroatoms. The van der Waals surface area contributed by atoms with Gasteiger partial charge in [-0.3, -0.25) is 14.4 Å². The standard InChI is InChI=1S/C19H25N3O4S/c23-17(14-4-1-7-22(14)19(25)16-6-3-13-27-16)20-8-10-21(11-9-20)18(24)15-5-2-12-26-15/h3,6,13-15H,1-2,4-5,7-12H2/t14-,15+/m1/s1. The van der Waals surface area contributed by atoms with Crippen LogP contribution in [-0.4, -0.2) is 83.9 Å². The van der Waals surface area contributed by atoms with E-state index in [1.165, 1.54) is 11.3 Å². The lowest BCUT2D eigenvalue weighted by molar-refractivity contribution is -0.147. The van der Waals surface area contributed by atoms with Gasteiger partial charge in [0.15, 0.2) is 0 Å². The molecule has 4 heterocycles. The van der Waals surface area contributed by atoms with E-state index in [1.54, 1.807) is 4.90 Å². The lowest BCUT2D eigenvalue weighted by Crippen LogP contribution is -2.56. The van der Waals surface area contributed by atoms with Gasteiger partial charge in [0.1, 0.15) is 12.1 Å². The Morgan fingerprint density at radius 2 is 1.70 bits per heavy atom. The van der Waals surface area contributed by atoms with Crippen LogP contribution in [0.2, 0.25) is 0 Å². The Labute approximate surface area is 162 Å². The first-order valence-corrected chi connectivity index (χ1v) is 10.6. The summed E-state index contributed by atoms with van der Waals surface area (Å²) in [7, 11) is 0. The molecule has 3 fully saturated rings. The summed E-state index contributed by atoms with van der Waals surface area (Å²) in [5.41, 5.74) is 0. The van der Waals surface area contributed by atoms with Crippen LogP contribution < -0.4 is 0 Å². The first-order chi connectivity index (χ1) is 13.1. The maximum Gasteiger partial charge on any atom is 0.264 e. The molecule has 27 heavy (non-hydrogen) atoms. The van der Waals surface area contributed by atoms with Gasteiger partial charge >= 0.3 is 0 Å². The summed E-state index contributed by atoms with van der Waals surface area (Å²) in [5, 5.41) is 1.88. The third kappa shape index (κ3) is 3.73. The van der Waals surface area contributed by atoms with Gasteiger partial charge in [-0.05, 0) is 37.1 Å². The summed E-state index contributed by atoms with van der Waals surface area (Å²) in [6, 6.07) is 3.29. The molecule has 3 saturated heterocycles. The average molecular weight is 391 g/mol. The maximum atomic E-state index is 13.0. The third-order valence-electron chi connectivity index (χ3n) is 5.64. The van der Waals surface area contributed by atoms with E-state index in [1.807, 2.05) is 27.3 Å². The van der Waals surface area contributed by atoms with Crippen LogP contribution in [0.1, 0.15) is 35.4 Å². The number of carbonyl (C=O) groups is 3. The van der Waals surface area contributed by atoms with E-state index >= 15 is 0 Å². The molecule has 2 atom stereocenters. The zero-order valence-electron chi connectivity index (χ0n) is 15.3. The SMILES string of the molecule is O=C([C@@H]1CCCO1)N1CCN(C(=O)[C@H]2CCCN2C(=O)c2cccs2)CC1. The molecule has 3 amide bonds. The molecule has 0 bridgehead atoms. The van der Waals surface area contributed by atoms with Crippen molar-refractivity contribution in [2.45, 2.75) is 37.8 Å². The molecule has 4 rings (SSSR count). The van der Waals surface area contributed by atoms with Crippen LogP contribution >= 0.6 is 11.3 Å². The van der Waals surface area contributed by atoms with E-state index < -0.39 is 0 Å². The van der Waals surface area contributed by atoms with Crippen molar-refractivity contribution in [1.82, 2.24) is 14.7 Å². The minimum Gasteiger partial charge on any atom is -0.368 e. The summed E-state index contributed by atoms with van der Waals surface area (Å²) in [4.78, 5) is 44.2. The largest absolute Gasteiger partial charge is 0.368 e. The van der Waals surface area contributed by atoms with Gasteiger partial charge in [-0.15, -0.1) is 11.3 Å². The molecular formula is C19H25N3O4S. The first kappa shape index (κ1) is 18.4. The van der Waals surface area contributed by atoms with E-state index in [9.17, 15) is 14.4 Å². The van der Waals surface area contributed by atoms with E-state index in [0.717, 1.165) is 19.3 Å². The minimum absolute atomic E-state index is 0.0154. The number of amides is 3. The molecule has 0 aromatic carbocycles. The van der Waals surface area contributed by atoms with E-state index in [2.05, 4.69) is 0 Å². The Balaban J connectivity index is 1.34. The monoisotopic (exact) mass is 391 g/mol. The van der Waals surface area contributed by atoms with Crippen LogP contribution in [0.4, 0.5) is 0 Å². The number of carbonyl (C=O) groups excluding carboxylic acids is 3. The predicted molar refractivity (Wildman–Crippen MR) is 101 cm³/mol. The number of hydrogen-bond acceptors (Lipinski definition) is 5. The zero-order valence-corrected chi connectivity index (χ0v) is 16.2. The smallest absolute Gasteiger partial charge is 0.264 e. The summed E-state index contributed by atoms with van der Waals surface area (Å²) >= 11 is 1.41. The molecule has 3 aliphatic rings. The molecule has 0 saturated carbocycles. The Kier molecular flexibility index (Phi) is 5.45. The van der Waals surface area contributed by atoms with Crippen LogP contribution in [0.25, 0.3) is 0 Å². The van der Waals surface area contributed by atoms with Gasteiger partial charge in [0.2, 0.25) is 5.91 Å². The van der Waals surface area contributed by atoms with Crippen molar-refractivity contribution >= 4 is 29.1 Å². The fourth-order valence-corrected chi connectivity index (χ4v) is 4.82. The van der Waals surface area contributed by atoms with Crippen LogP contribution in [0, 0.1) is 0 Å². The minimum atomic E-state index is -0.375. The Morgan fingerprint density at radius 1 is 0.963 bits per heavy atom. The molecule has 0 spiro atoms. The Morgan fingerprint density at radius 3 is 2.33 bits per heavy atom. The quantitative estimate of drug-likeness (QED) is 0.776. The lowest BCUT2D eigenvalue weighted by atomic mass is 10.1. The molecule has 7 nitrogen and oxygen atoms in total. The average Bonchev–Trinajstić information content (AvgIpc) is 3.48. The fourth-order valence-electron chi connectivity index (χ4n) is 4.14. The fraction of sp³-hybridized carbons (Fsp3) is 0.632. The van der Waals surface area contributed by atoms with Gasteiger partial charge in [0, 0.05) is 39.3 Å². The van der Waals surface area contributed by atoms with Crippen LogP contribution in [0.5, 0.6) is 0 Å².